The Balaban J connectivity index is 2.60. The van der Waals surface area contributed by atoms with Crippen LogP contribution >= 0.6 is 0 Å². The molecule has 0 saturated carbocycles. The van der Waals surface area contributed by atoms with Crippen LogP contribution in [0.3, 0.4) is 0 Å². The van der Waals surface area contributed by atoms with Gasteiger partial charge in [0.05, 0.1) is 7.11 Å². The summed E-state index contributed by atoms with van der Waals surface area (Å²) in [4.78, 5) is 23.1. The molecule has 0 radical (unpaired) electrons. The number of nitrogens with one attached hydrogen (secondary N) is 1. The zero-order valence-corrected chi connectivity index (χ0v) is 12.9. The summed E-state index contributed by atoms with van der Waals surface area (Å²) in [6.07, 6.45) is 2.85. The van der Waals surface area contributed by atoms with Crippen molar-refractivity contribution in [1.82, 2.24) is 5.32 Å². The van der Waals surface area contributed by atoms with E-state index in [0.717, 1.165) is 0 Å². The third-order valence-electron chi connectivity index (χ3n) is 2.96. The molecule has 6 nitrogen and oxygen atoms in total. The Hall–Kier alpha value is -2.50. The van der Waals surface area contributed by atoms with Crippen molar-refractivity contribution in [1.29, 1.82) is 0 Å². The molecular formula is C16H21NO5. The van der Waals surface area contributed by atoms with Gasteiger partial charge in [0.2, 0.25) is 0 Å². The van der Waals surface area contributed by atoms with Crippen LogP contribution in [0.15, 0.2) is 36.4 Å². The van der Waals surface area contributed by atoms with Gasteiger partial charge in [-0.05, 0) is 44.5 Å². The zero-order valence-electron chi connectivity index (χ0n) is 12.9. The van der Waals surface area contributed by atoms with Gasteiger partial charge in [-0.1, -0.05) is 12.2 Å². The molecule has 2 unspecified atom stereocenters. The van der Waals surface area contributed by atoms with E-state index in [1.54, 1.807) is 57.4 Å². The fourth-order valence-corrected chi connectivity index (χ4v) is 1.69. The van der Waals surface area contributed by atoms with E-state index < -0.39 is 24.0 Å². The second-order valence-corrected chi connectivity index (χ2v) is 4.64. The molecular weight excluding hydrogens is 286 g/mol. The third-order valence-corrected chi connectivity index (χ3v) is 2.96. The molecule has 6 heteroatoms. The Kier molecular flexibility index (Phi) is 6.95. The fraction of sp³-hybridized carbons (Fsp3) is 0.375. The van der Waals surface area contributed by atoms with Crippen LogP contribution in [0, 0.1) is 0 Å². The number of aliphatic carboxylic acids is 1. The number of methoxy groups -OCH3 is 1. The number of carboxylic acid groups (broad SMARTS) is 1. The minimum atomic E-state index is -1.08. The van der Waals surface area contributed by atoms with Crippen LogP contribution in [-0.2, 0) is 9.59 Å². The number of rotatable bonds is 8. The van der Waals surface area contributed by atoms with Crippen molar-refractivity contribution >= 4 is 11.9 Å². The molecule has 0 bridgehead atoms. The van der Waals surface area contributed by atoms with Crippen LogP contribution in [0.1, 0.15) is 20.3 Å². The molecule has 2 atom stereocenters. The van der Waals surface area contributed by atoms with Crippen LogP contribution in [0.2, 0.25) is 0 Å². The van der Waals surface area contributed by atoms with E-state index in [9.17, 15) is 9.59 Å². The van der Waals surface area contributed by atoms with Crippen molar-refractivity contribution in [3.05, 3.63) is 36.4 Å². The van der Waals surface area contributed by atoms with Gasteiger partial charge in [-0.2, -0.15) is 0 Å². The van der Waals surface area contributed by atoms with Gasteiger partial charge in [0.1, 0.15) is 17.5 Å². The number of benzene rings is 1. The number of allylic oxidation sites excluding steroid dienone is 1. The van der Waals surface area contributed by atoms with Crippen molar-refractivity contribution < 1.29 is 24.2 Å². The standard InChI is InChI=1S/C16H21NO5/c1-4-5-6-14(16(19)20)17-15(18)11(2)22-13-9-7-12(21-3)8-10-13/h4-5,7-11,14H,6H2,1-3H3,(H,17,18)(H,19,20)/b5-4+. The van der Waals surface area contributed by atoms with E-state index in [1.807, 2.05) is 0 Å². The highest BCUT2D eigenvalue weighted by atomic mass is 16.5. The van der Waals surface area contributed by atoms with Gasteiger partial charge in [0.15, 0.2) is 6.10 Å². The Labute approximate surface area is 129 Å². The summed E-state index contributed by atoms with van der Waals surface area (Å²) in [6, 6.07) is 5.82. The Bertz CT molecular complexity index is 524. The Morgan fingerprint density at radius 1 is 1.27 bits per heavy atom. The molecule has 1 amide bonds. The molecule has 0 aliphatic heterocycles. The number of hydrogen-bond acceptors (Lipinski definition) is 4. The Morgan fingerprint density at radius 3 is 2.36 bits per heavy atom. The summed E-state index contributed by atoms with van der Waals surface area (Å²) in [7, 11) is 1.56. The normalized spacial score (nSPS) is 13.4. The van der Waals surface area contributed by atoms with Crippen molar-refractivity contribution in [3.8, 4) is 11.5 Å². The third kappa shape index (κ3) is 5.47. The highest BCUT2D eigenvalue weighted by Gasteiger charge is 2.22. The minimum absolute atomic E-state index is 0.229. The zero-order chi connectivity index (χ0) is 16.5. The number of carbonyl (C=O) groups is 2. The van der Waals surface area contributed by atoms with Crippen LogP contribution in [-0.4, -0.2) is 36.2 Å². The number of hydrogen-bond donors (Lipinski definition) is 2. The van der Waals surface area contributed by atoms with Crippen LogP contribution in [0.25, 0.3) is 0 Å². The molecule has 120 valence electrons. The highest BCUT2D eigenvalue weighted by Crippen LogP contribution is 2.18. The molecule has 0 saturated heterocycles. The predicted octanol–water partition coefficient (Wildman–Crippen LogP) is 2.00. The average molecular weight is 307 g/mol. The topological polar surface area (TPSA) is 84.9 Å². The predicted molar refractivity (Wildman–Crippen MR) is 82.1 cm³/mol. The Morgan fingerprint density at radius 2 is 1.86 bits per heavy atom. The molecule has 22 heavy (non-hydrogen) atoms. The summed E-state index contributed by atoms with van der Waals surface area (Å²) < 4.78 is 10.5. The molecule has 0 spiro atoms. The van der Waals surface area contributed by atoms with E-state index >= 15 is 0 Å². The van der Waals surface area contributed by atoms with Crippen LogP contribution < -0.4 is 14.8 Å². The van der Waals surface area contributed by atoms with E-state index in [2.05, 4.69) is 5.32 Å². The lowest BCUT2D eigenvalue weighted by Gasteiger charge is -2.18. The first kappa shape index (κ1) is 17.6. The summed E-state index contributed by atoms with van der Waals surface area (Å²) in [5.74, 6) is -0.374. The van der Waals surface area contributed by atoms with Gasteiger partial charge in [0, 0.05) is 0 Å². The van der Waals surface area contributed by atoms with Gasteiger partial charge in [-0.15, -0.1) is 0 Å². The van der Waals surface area contributed by atoms with Crippen molar-refractivity contribution in [3.63, 3.8) is 0 Å². The molecule has 0 aliphatic carbocycles. The molecule has 0 heterocycles. The number of carbonyl (C=O) groups excluding carboxylic acids is 1. The van der Waals surface area contributed by atoms with E-state index in [1.165, 1.54) is 0 Å². The van der Waals surface area contributed by atoms with Crippen molar-refractivity contribution in [2.45, 2.75) is 32.4 Å². The first-order chi connectivity index (χ1) is 10.5. The van der Waals surface area contributed by atoms with Crippen LogP contribution in [0.4, 0.5) is 0 Å². The lowest BCUT2D eigenvalue weighted by molar-refractivity contribution is -0.142. The van der Waals surface area contributed by atoms with E-state index in [4.69, 9.17) is 14.6 Å². The fourth-order valence-electron chi connectivity index (χ4n) is 1.69. The highest BCUT2D eigenvalue weighted by molar-refractivity contribution is 5.86. The number of ether oxygens (including phenoxy) is 2. The van der Waals surface area contributed by atoms with Gasteiger partial charge in [-0.3, -0.25) is 4.79 Å². The maximum Gasteiger partial charge on any atom is 0.326 e. The monoisotopic (exact) mass is 307 g/mol. The van der Waals surface area contributed by atoms with Crippen molar-refractivity contribution in [2.24, 2.45) is 0 Å². The number of carboxylic acids is 1. The van der Waals surface area contributed by atoms with Gasteiger partial charge >= 0.3 is 5.97 Å². The van der Waals surface area contributed by atoms with E-state index in [-0.39, 0.29) is 6.42 Å². The van der Waals surface area contributed by atoms with Crippen molar-refractivity contribution in [2.75, 3.05) is 7.11 Å². The summed E-state index contributed by atoms with van der Waals surface area (Å²) in [5, 5.41) is 11.5. The van der Waals surface area contributed by atoms with E-state index in [0.29, 0.717) is 11.5 Å². The SMILES string of the molecule is C/C=C/CC(NC(=O)C(C)Oc1ccc(OC)cc1)C(=O)O. The molecule has 0 aromatic heterocycles. The minimum Gasteiger partial charge on any atom is -0.497 e. The van der Waals surface area contributed by atoms with Gasteiger partial charge < -0.3 is 19.9 Å². The molecule has 1 aromatic rings. The molecule has 1 aromatic carbocycles. The maximum absolute atomic E-state index is 12.0. The quantitative estimate of drug-likeness (QED) is 0.718. The van der Waals surface area contributed by atoms with Gasteiger partial charge in [-0.25, -0.2) is 4.79 Å². The lowest BCUT2D eigenvalue weighted by atomic mass is 10.2. The smallest absolute Gasteiger partial charge is 0.326 e. The first-order valence-electron chi connectivity index (χ1n) is 6.93. The molecule has 1 rings (SSSR count). The lowest BCUT2D eigenvalue weighted by Crippen LogP contribution is -2.46. The second-order valence-electron chi connectivity index (χ2n) is 4.64. The maximum atomic E-state index is 12.0. The summed E-state index contributed by atoms with van der Waals surface area (Å²) in [5.41, 5.74) is 0. The average Bonchev–Trinajstić information content (AvgIpc) is 2.51. The van der Waals surface area contributed by atoms with Crippen LogP contribution in [0.5, 0.6) is 11.5 Å². The summed E-state index contributed by atoms with van der Waals surface area (Å²) in [6.45, 7) is 3.35. The van der Waals surface area contributed by atoms with Gasteiger partial charge in [0.25, 0.3) is 5.91 Å². The molecule has 0 fully saturated rings. The largest absolute Gasteiger partial charge is 0.497 e. The molecule has 0 aliphatic rings. The second kappa shape index (κ2) is 8.71. The number of amides is 1. The molecule has 2 N–H and O–H groups in total. The first-order valence-corrected chi connectivity index (χ1v) is 6.93. The summed E-state index contributed by atoms with van der Waals surface area (Å²) >= 11 is 0.